The van der Waals surface area contributed by atoms with Crippen molar-refractivity contribution < 1.29 is 17.7 Å². The van der Waals surface area contributed by atoms with Crippen molar-refractivity contribution in [3.63, 3.8) is 0 Å². The Labute approximate surface area is 218 Å². The second-order valence-corrected chi connectivity index (χ2v) is 11.9. The summed E-state index contributed by atoms with van der Waals surface area (Å²) in [6.45, 7) is 8.81. The van der Waals surface area contributed by atoms with Gasteiger partial charge in [-0.05, 0) is 58.2 Å². The highest BCUT2D eigenvalue weighted by molar-refractivity contribution is 6.29. The fraction of sp³-hybridized carbons (Fsp3) is 0.242. The molecule has 0 spiro atoms. The van der Waals surface area contributed by atoms with E-state index in [4.69, 9.17) is 0 Å². The fourth-order valence-electron chi connectivity index (χ4n) is 6.57. The van der Waals surface area contributed by atoms with Gasteiger partial charge in [-0.3, -0.25) is 0 Å². The Kier molecular flexibility index (Phi) is 4.52. The number of nitrogens with zero attached hydrogens (tertiary/aromatic N) is 2. The largest absolute Gasteiger partial charge is 0.416 e. The van der Waals surface area contributed by atoms with Crippen molar-refractivity contribution in [2.24, 2.45) is 12.5 Å². The molecule has 0 N–H and O–H groups in total. The van der Waals surface area contributed by atoms with Crippen LogP contribution in [0.4, 0.5) is 13.2 Å². The lowest BCUT2D eigenvalue weighted by Gasteiger charge is -2.24. The normalized spacial score (nSPS) is 13.4. The highest BCUT2D eigenvalue weighted by atomic mass is 19.4. The summed E-state index contributed by atoms with van der Waals surface area (Å²) < 4.78 is 46.3. The Morgan fingerprint density at radius 3 is 2.21 bits per heavy atom. The SMILES string of the molecule is Cc1c2ccccc2c(CC(C)(C)C)c2c1c1c3c(ccc4c5ccc(C(F)(F)F)cc5n2c43)cc[n+]1C. The number of benzene rings is 4. The number of halogens is 3. The van der Waals surface area contributed by atoms with Crippen LogP contribution in [0.15, 0.2) is 66.9 Å². The number of aromatic nitrogens is 2. The van der Waals surface area contributed by atoms with Gasteiger partial charge in [0.25, 0.3) is 0 Å². The molecule has 3 aromatic heterocycles. The summed E-state index contributed by atoms with van der Waals surface area (Å²) in [5, 5.41) is 7.44. The number of alkyl halides is 3. The van der Waals surface area contributed by atoms with Crippen LogP contribution < -0.4 is 4.57 Å². The maximum absolute atomic E-state index is 14.0. The molecule has 190 valence electrons. The smallest absolute Gasteiger partial charge is 0.307 e. The van der Waals surface area contributed by atoms with Gasteiger partial charge in [0.2, 0.25) is 5.52 Å². The number of rotatable bonds is 1. The third-order valence-electron chi connectivity index (χ3n) is 8.08. The number of hydrogen-bond donors (Lipinski definition) is 0. The highest BCUT2D eigenvalue weighted by Crippen LogP contribution is 2.46. The molecule has 0 saturated heterocycles. The number of hydrogen-bond acceptors (Lipinski definition) is 0. The van der Waals surface area contributed by atoms with Crippen LogP contribution in [0.25, 0.3) is 59.8 Å². The summed E-state index contributed by atoms with van der Waals surface area (Å²) in [5.41, 5.74) is 5.39. The molecule has 4 aromatic carbocycles. The van der Waals surface area contributed by atoms with Gasteiger partial charge < -0.3 is 4.40 Å². The van der Waals surface area contributed by atoms with Crippen LogP contribution in [-0.2, 0) is 19.6 Å². The Morgan fingerprint density at radius 1 is 0.789 bits per heavy atom. The zero-order chi connectivity index (χ0) is 26.7. The van der Waals surface area contributed by atoms with Crippen LogP contribution in [0.3, 0.4) is 0 Å². The maximum Gasteiger partial charge on any atom is 0.416 e. The van der Waals surface area contributed by atoms with Crippen molar-refractivity contribution in [1.29, 1.82) is 0 Å². The summed E-state index contributed by atoms with van der Waals surface area (Å²) in [4.78, 5) is 0. The predicted octanol–water partition coefficient (Wildman–Crippen LogP) is 8.88. The van der Waals surface area contributed by atoms with Gasteiger partial charge >= 0.3 is 6.18 Å². The van der Waals surface area contributed by atoms with E-state index in [9.17, 15) is 13.2 Å². The lowest BCUT2D eigenvalue weighted by molar-refractivity contribution is -0.643. The number of fused-ring (bicyclic) bond motifs is 7. The van der Waals surface area contributed by atoms with E-state index in [1.54, 1.807) is 6.07 Å². The van der Waals surface area contributed by atoms with Crippen molar-refractivity contribution in [3.8, 4) is 0 Å². The second-order valence-electron chi connectivity index (χ2n) is 11.9. The van der Waals surface area contributed by atoms with E-state index < -0.39 is 11.7 Å². The molecule has 0 aliphatic carbocycles. The zero-order valence-electron chi connectivity index (χ0n) is 22.1. The minimum Gasteiger partial charge on any atom is -0.307 e. The van der Waals surface area contributed by atoms with Crippen LogP contribution in [0.5, 0.6) is 0 Å². The monoisotopic (exact) mass is 509 g/mol. The first kappa shape index (κ1) is 23.3. The highest BCUT2D eigenvalue weighted by Gasteiger charge is 2.33. The molecule has 0 aliphatic rings. The fourth-order valence-corrected chi connectivity index (χ4v) is 6.57. The maximum atomic E-state index is 14.0. The minimum atomic E-state index is -4.42. The number of pyridine rings is 2. The second kappa shape index (κ2) is 7.37. The first-order valence-corrected chi connectivity index (χ1v) is 13.0. The van der Waals surface area contributed by atoms with E-state index in [-0.39, 0.29) is 5.41 Å². The van der Waals surface area contributed by atoms with Crippen LogP contribution >= 0.6 is 0 Å². The standard InChI is InChI=1S/C33H28F3N2/c1-18-21-8-6-7-9-22(21)25(17-32(2,3)4)30-27(18)31-28-19(14-15-37(31)5)10-12-24-23-13-11-20(33(34,35)36)16-26(23)38(30)29(24)28/h6-16H,17H2,1-5H3/q+1. The summed E-state index contributed by atoms with van der Waals surface area (Å²) in [5.74, 6) is 0. The van der Waals surface area contributed by atoms with E-state index in [1.807, 2.05) is 0 Å². The van der Waals surface area contributed by atoms with Crippen LogP contribution in [0, 0.1) is 12.3 Å². The molecule has 0 aliphatic heterocycles. The Hall–Kier alpha value is -3.86. The van der Waals surface area contributed by atoms with Crippen molar-refractivity contribution >= 4 is 59.8 Å². The van der Waals surface area contributed by atoms with Gasteiger partial charge in [-0.1, -0.05) is 63.2 Å². The van der Waals surface area contributed by atoms with E-state index in [0.29, 0.717) is 5.52 Å². The zero-order valence-corrected chi connectivity index (χ0v) is 22.1. The van der Waals surface area contributed by atoms with Crippen LogP contribution in [0.1, 0.15) is 37.5 Å². The van der Waals surface area contributed by atoms with Crippen molar-refractivity contribution in [2.75, 3.05) is 0 Å². The van der Waals surface area contributed by atoms with Gasteiger partial charge in [0, 0.05) is 16.8 Å². The average Bonchev–Trinajstić information content (AvgIpc) is 3.19. The molecule has 5 heteroatoms. The molecular formula is C33H28F3N2+. The third-order valence-corrected chi connectivity index (χ3v) is 8.08. The van der Waals surface area contributed by atoms with Gasteiger partial charge in [-0.15, -0.1) is 0 Å². The third kappa shape index (κ3) is 3.05. The van der Waals surface area contributed by atoms with E-state index >= 15 is 0 Å². The van der Waals surface area contributed by atoms with Crippen molar-refractivity contribution in [2.45, 2.75) is 40.3 Å². The molecule has 38 heavy (non-hydrogen) atoms. The van der Waals surface area contributed by atoms with Crippen LogP contribution in [-0.4, -0.2) is 4.40 Å². The molecule has 0 radical (unpaired) electrons. The lowest BCUT2D eigenvalue weighted by atomic mass is 9.83. The quantitative estimate of drug-likeness (QED) is 0.119. The van der Waals surface area contributed by atoms with Gasteiger partial charge in [0.15, 0.2) is 6.20 Å². The molecule has 0 unspecified atom stereocenters. The van der Waals surface area contributed by atoms with E-state index in [2.05, 4.69) is 92.4 Å². The first-order chi connectivity index (χ1) is 18.0. The topological polar surface area (TPSA) is 8.29 Å². The Bertz CT molecular complexity index is 2090. The van der Waals surface area contributed by atoms with Gasteiger partial charge in [-0.25, -0.2) is 4.57 Å². The summed E-state index contributed by atoms with van der Waals surface area (Å²) in [6.07, 6.45) is -1.54. The molecule has 0 amide bonds. The van der Waals surface area contributed by atoms with Gasteiger partial charge in [0.05, 0.1) is 32.9 Å². The molecule has 0 saturated carbocycles. The molecule has 7 aromatic rings. The first-order valence-electron chi connectivity index (χ1n) is 13.0. The van der Waals surface area contributed by atoms with E-state index in [0.717, 1.165) is 60.9 Å². The molecular weight excluding hydrogens is 481 g/mol. The molecule has 0 bridgehead atoms. The minimum absolute atomic E-state index is 0.0316. The number of aryl methyl sites for hydroxylation is 2. The summed E-state index contributed by atoms with van der Waals surface area (Å²) in [7, 11) is 2.07. The predicted molar refractivity (Wildman–Crippen MR) is 150 cm³/mol. The molecule has 0 atom stereocenters. The molecule has 7 rings (SSSR count). The van der Waals surface area contributed by atoms with Crippen molar-refractivity contribution in [3.05, 3.63) is 83.6 Å². The molecule has 2 nitrogen and oxygen atoms in total. The summed E-state index contributed by atoms with van der Waals surface area (Å²) in [6, 6.07) is 18.9. The van der Waals surface area contributed by atoms with E-state index in [1.165, 1.54) is 23.1 Å². The Balaban J connectivity index is 1.90. The summed E-state index contributed by atoms with van der Waals surface area (Å²) >= 11 is 0. The van der Waals surface area contributed by atoms with Crippen LogP contribution in [0.2, 0.25) is 0 Å². The lowest BCUT2D eigenvalue weighted by Crippen LogP contribution is -2.29. The van der Waals surface area contributed by atoms with Gasteiger partial charge in [-0.2, -0.15) is 13.2 Å². The molecule has 3 heterocycles. The average molecular weight is 510 g/mol. The Morgan fingerprint density at radius 2 is 1.50 bits per heavy atom. The van der Waals surface area contributed by atoms with Gasteiger partial charge in [0.1, 0.15) is 7.05 Å². The van der Waals surface area contributed by atoms with Crippen molar-refractivity contribution in [1.82, 2.24) is 4.40 Å². The molecule has 0 fully saturated rings.